The molecular formula is C23H27N3O4S. The van der Waals surface area contributed by atoms with Crippen LogP contribution in [0.5, 0.6) is 0 Å². The van der Waals surface area contributed by atoms with Crippen LogP contribution in [0.15, 0.2) is 33.9 Å². The van der Waals surface area contributed by atoms with Gasteiger partial charge < -0.3 is 10.1 Å². The van der Waals surface area contributed by atoms with Gasteiger partial charge in [-0.25, -0.2) is 9.36 Å². The first-order valence-electron chi connectivity index (χ1n) is 10.6. The summed E-state index contributed by atoms with van der Waals surface area (Å²) in [6.07, 6.45) is 2.81. The van der Waals surface area contributed by atoms with E-state index in [-0.39, 0.29) is 24.1 Å². The molecule has 1 amide bonds. The Balaban J connectivity index is 1.78. The molecule has 1 aliphatic heterocycles. The summed E-state index contributed by atoms with van der Waals surface area (Å²) in [5.74, 6) is -0.269. The first-order valence-corrected chi connectivity index (χ1v) is 11.5. The summed E-state index contributed by atoms with van der Waals surface area (Å²) >= 11 is 1.37. The Morgan fingerprint density at radius 3 is 2.61 bits per heavy atom. The van der Waals surface area contributed by atoms with Crippen molar-refractivity contribution in [2.24, 2.45) is 0 Å². The van der Waals surface area contributed by atoms with Gasteiger partial charge in [-0.2, -0.15) is 0 Å². The van der Waals surface area contributed by atoms with E-state index in [4.69, 9.17) is 4.74 Å². The molecule has 7 nitrogen and oxygen atoms in total. The van der Waals surface area contributed by atoms with Gasteiger partial charge in [0.1, 0.15) is 11.4 Å². The minimum Gasteiger partial charge on any atom is -0.376 e. The third kappa shape index (κ3) is 4.09. The van der Waals surface area contributed by atoms with Crippen molar-refractivity contribution in [2.75, 3.05) is 13.2 Å². The van der Waals surface area contributed by atoms with Crippen LogP contribution in [0.25, 0.3) is 15.9 Å². The number of aromatic nitrogens is 2. The second kappa shape index (κ2) is 8.80. The smallest absolute Gasteiger partial charge is 0.337 e. The predicted molar refractivity (Wildman–Crippen MR) is 123 cm³/mol. The molecule has 8 heteroatoms. The molecule has 31 heavy (non-hydrogen) atoms. The fourth-order valence-electron chi connectivity index (χ4n) is 3.94. The summed E-state index contributed by atoms with van der Waals surface area (Å²) in [6, 6.07) is 7.39. The molecule has 2 aromatic heterocycles. The van der Waals surface area contributed by atoms with Crippen LogP contribution in [-0.2, 0) is 22.5 Å². The Kier molecular flexibility index (Phi) is 6.11. The number of amides is 1. The maximum atomic E-state index is 13.4. The topological polar surface area (TPSA) is 82.3 Å². The highest BCUT2D eigenvalue weighted by Crippen LogP contribution is 2.27. The summed E-state index contributed by atoms with van der Waals surface area (Å²) in [5.41, 5.74) is 1.62. The van der Waals surface area contributed by atoms with Gasteiger partial charge in [0, 0.05) is 18.0 Å². The van der Waals surface area contributed by atoms with Crippen molar-refractivity contribution in [2.45, 2.75) is 52.7 Å². The number of ether oxygens (including phenoxy) is 1. The largest absolute Gasteiger partial charge is 0.376 e. The van der Waals surface area contributed by atoms with Crippen molar-refractivity contribution in [1.82, 2.24) is 14.5 Å². The number of fused-ring (bicyclic) bond motifs is 1. The Morgan fingerprint density at radius 1 is 1.23 bits per heavy atom. The molecule has 0 unspecified atom stereocenters. The summed E-state index contributed by atoms with van der Waals surface area (Å²) in [7, 11) is 0. The Hall–Kier alpha value is -2.71. The van der Waals surface area contributed by atoms with Gasteiger partial charge in [-0.05, 0) is 56.4 Å². The maximum absolute atomic E-state index is 13.4. The summed E-state index contributed by atoms with van der Waals surface area (Å²) in [5, 5.41) is 3.36. The molecule has 1 saturated heterocycles. The third-order valence-corrected chi connectivity index (χ3v) is 7.14. The minimum absolute atomic E-state index is 0.0259. The Bertz CT molecular complexity index is 1230. The number of thiophene rings is 1. The van der Waals surface area contributed by atoms with E-state index in [1.54, 1.807) is 12.1 Å². The number of nitrogens with one attached hydrogen (secondary N) is 1. The molecule has 1 atom stereocenters. The van der Waals surface area contributed by atoms with Crippen LogP contribution in [-0.4, -0.2) is 34.3 Å². The molecule has 1 aliphatic rings. The lowest BCUT2D eigenvalue weighted by Gasteiger charge is -2.14. The Morgan fingerprint density at radius 2 is 1.97 bits per heavy atom. The highest BCUT2D eigenvalue weighted by Gasteiger charge is 2.22. The zero-order valence-corrected chi connectivity index (χ0v) is 18.9. The standard InChI is InChI=1S/C23H27N3O4S/c1-4-16-7-9-17(10-8-16)26-21(28)20-14(2)15(3)31-22(20)25(23(26)29)13-19(27)24-12-18-6-5-11-30-18/h7-10,18H,4-6,11-13H2,1-3H3,(H,24,27)/t18-/m1/s1. The lowest BCUT2D eigenvalue weighted by Crippen LogP contribution is -2.42. The van der Waals surface area contributed by atoms with Crippen molar-refractivity contribution in [3.63, 3.8) is 0 Å². The monoisotopic (exact) mass is 441 g/mol. The maximum Gasteiger partial charge on any atom is 0.337 e. The number of aryl methyl sites for hydroxylation is 3. The lowest BCUT2D eigenvalue weighted by atomic mass is 10.1. The average molecular weight is 442 g/mol. The van der Waals surface area contributed by atoms with E-state index in [1.807, 2.05) is 32.9 Å². The summed E-state index contributed by atoms with van der Waals surface area (Å²) in [4.78, 5) is 40.9. The normalized spacial score (nSPS) is 16.2. The van der Waals surface area contributed by atoms with Crippen LogP contribution in [0, 0.1) is 13.8 Å². The number of hydrogen-bond acceptors (Lipinski definition) is 5. The molecule has 1 aromatic carbocycles. The van der Waals surface area contributed by atoms with Crippen molar-refractivity contribution < 1.29 is 9.53 Å². The SMILES string of the molecule is CCc1ccc(-n2c(=O)c3c(C)c(C)sc3n(CC(=O)NC[C@H]3CCCO3)c2=O)cc1. The van der Waals surface area contributed by atoms with Crippen LogP contribution >= 0.6 is 11.3 Å². The molecule has 3 heterocycles. The predicted octanol–water partition coefficient (Wildman–Crippen LogP) is 2.69. The number of hydrogen-bond donors (Lipinski definition) is 1. The van der Waals surface area contributed by atoms with Gasteiger partial charge in [-0.3, -0.25) is 14.2 Å². The number of rotatable bonds is 6. The van der Waals surface area contributed by atoms with Gasteiger partial charge in [-0.15, -0.1) is 11.3 Å². The molecule has 0 aliphatic carbocycles. The van der Waals surface area contributed by atoms with E-state index in [2.05, 4.69) is 5.32 Å². The van der Waals surface area contributed by atoms with Crippen molar-refractivity contribution in [3.8, 4) is 5.69 Å². The quantitative estimate of drug-likeness (QED) is 0.638. The van der Waals surface area contributed by atoms with Crippen molar-refractivity contribution >= 4 is 27.5 Å². The lowest BCUT2D eigenvalue weighted by molar-refractivity contribution is -0.122. The van der Waals surface area contributed by atoms with Crippen LogP contribution in [0.3, 0.4) is 0 Å². The molecular weight excluding hydrogens is 414 g/mol. The first-order chi connectivity index (χ1) is 14.9. The van der Waals surface area contributed by atoms with Crippen LogP contribution in [0.4, 0.5) is 0 Å². The van der Waals surface area contributed by atoms with Gasteiger partial charge in [0.15, 0.2) is 0 Å². The molecule has 4 rings (SSSR count). The second-order valence-corrected chi connectivity index (χ2v) is 9.13. The molecule has 0 saturated carbocycles. The molecule has 164 valence electrons. The number of benzene rings is 1. The van der Waals surface area contributed by atoms with Gasteiger partial charge in [0.25, 0.3) is 5.56 Å². The summed E-state index contributed by atoms with van der Waals surface area (Å²) < 4.78 is 8.14. The van der Waals surface area contributed by atoms with Gasteiger partial charge in [0.2, 0.25) is 5.91 Å². The zero-order chi connectivity index (χ0) is 22.1. The van der Waals surface area contributed by atoms with Gasteiger partial charge in [0.05, 0.1) is 17.2 Å². The molecule has 0 spiro atoms. The highest BCUT2D eigenvalue weighted by atomic mass is 32.1. The van der Waals surface area contributed by atoms with E-state index in [1.165, 1.54) is 20.5 Å². The van der Waals surface area contributed by atoms with Gasteiger partial charge in [-0.1, -0.05) is 19.1 Å². The number of carbonyl (C=O) groups is 1. The Labute approximate surface area is 184 Å². The minimum atomic E-state index is -0.504. The summed E-state index contributed by atoms with van der Waals surface area (Å²) in [6.45, 7) is 6.85. The van der Waals surface area contributed by atoms with Crippen LogP contribution in [0.1, 0.15) is 35.8 Å². The fourth-order valence-corrected chi connectivity index (χ4v) is 5.08. The van der Waals surface area contributed by atoms with Crippen molar-refractivity contribution in [3.05, 3.63) is 61.1 Å². The number of carbonyl (C=O) groups excluding carboxylic acids is 1. The molecule has 0 bridgehead atoms. The van der Waals surface area contributed by atoms with Crippen molar-refractivity contribution in [1.29, 1.82) is 0 Å². The highest BCUT2D eigenvalue weighted by molar-refractivity contribution is 7.18. The van der Waals surface area contributed by atoms with Gasteiger partial charge >= 0.3 is 5.69 Å². The first kappa shape index (κ1) is 21.5. The second-order valence-electron chi connectivity index (χ2n) is 7.93. The average Bonchev–Trinajstić information content (AvgIpc) is 3.38. The van der Waals surface area contributed by atoms with E-state index in [9.17, 15) is 14.4 Å². The van der Waals surface area contributed by atoms with E-state index in [0.717, 1.165) is 41.9 Å². The molecule has 1 fully saturated rings. The zero-order valence-electron chi connectivity index (χ0n) is 18.1. The number of nitrogens with zero attached hydrogens (tertiary/aromatic N) is 2. The molecule has 3 aromatic rings. The molecule has 1 N–H and O–H groups in total. The van der Waals surface area contributed by atoms with Crippen LogP contribution in [0.2, 0.25) is 0 Å². The fraction of sp³-hybridized carbons (Fsp3) is 0.435. The van der Waals surface area contributed by atoms with E-state index >= 15 is 0 Å². The van der Waals surface area contributed by atoms with E-state index in [0.29, 0.717) is 22.4 Å². The molecule has 0 radical (unpaired) electrons. The van der Waals surface area contributed by atoms with Crippen LogP contribution < -0.4 is 16.6 Å². The van der Waals surface area contributed by atoms with E-state index < -0.39 is 5.69 Å². The third-order valence-electron chi connectivity index (χ3n) is 5.91.